The summed E-state index contributed by atoms with van der Waals surface area (Å²) in [5.41, 5.74) is 0.917. The first-order chi connectivity index (χ1) is 8.29. The van der Waals surface area contributed by atoms with E-state index in [0.29, 0.717) is 24.8 Å². The van der Waals surface area contributed by atoms with Gasteiger partial charge in [0.25, 0.3) is 0 Å². The van der Waals surface area contributed by atoms with Crippen LogP contribution >= 0.6 is 15.9 Å². The highest BCUT2D eigenvalue weighted by molar-refractivity contribution is 9.10. The Kier molecular flexibility index (Phi) is 3.91. The highest BCUT2D eigenvalue weighted by Crippen LogP contribution is 2.18. The summed E-state index contributed by atoms with van der Waals surface area (Å²) < 4.78 is 6.11. The molecule has 0 spiro atoms. The van der Waals surface area contributed by atoms with E-state index >= 15 is 0 Å². The molecule has 2 aromatic rings. The van der Waals surface area contributed by atoms with Crippen LogP contribution in [0, 0.1) is 12.3 Å². The molecule has 0 saturated carbocycles. The molecule has 0 aliphatic carbocycles. The zero-order valence-electron chi connectivity index (χ0n) is 8.98. The first-order valence-corrected chi connectivity index (χ1v) is 5.81. The van der Waals surface area contributed by atoms with Crippen LogP contribution in [-0.2, 0) is 6.54 Å². The number of aromatic nitrogens is 2. The third kappa shape index (κ3) is 3.16. The average Bonchev–Trinajstić information content (AvgIpc) is 2.79. The maximum Gasteiger partial charge on any atom is 0.240 e. The molecule has 0 aliphatic rings. The van der Waals surface area contributed by atoms with Crippen LogP contribution in [0.4, 0.5) is 0 Å². The Morgan fingerprint density at radius 1 is 1.35 bits per heavy atom. The molecule has 5 heteroatoms. The molecule has 1 N–H and O–H groups in total. The zero-order chi connectivity index (χ0) is 12.1. The number of nitrogens with zero attached hydrogens (tertiary/aromatic N) is 2. The van der Waals surface area contributed by atoms with E-state index in [4.69, 9.17) is 10.9 Å². The van der Waals surface area contributed by atoms with Crippen molar-refractivity contribution in [2.75, 3.05) is 6.54 Å². The van der Waals surface area contributed by atoms with Crippen LogP contribution < -0.4 is 5.32 Å². The van der Waals surface area contributed by atoms with Crippen molar-refractivity contribution in [3.63, 3.8) is 0 Å². The number of nitrogens with one attached hydrogen (secondary N) is 1. The molecule has 0 bridgehead atoms. The van der Waals surface area contributed by atoms with Crippen molar-refractivity contribution in [3.8, 4) is 23.7 Å². The summed E-state index contributed by atoms with van der Waals surface area (Å²) >= 11 is 3.37. The van der Waals surface area contributed by atoms with Crippen molar-refractivity contribution in [1.82, 2.24) is 15.5 Å². The quantitative estimate of drug-likeness (QED) is 0.693. The normalized spacial score (nSPS) is 10.1. The Labute approximate surface area is 108 Å². The van der Waals surface area contributed by atoms with Gasteiger partial charge in [-0.25, -0.2) is 0 Å². The molecule has 0 atom stereocenters. The van der Waals surface area contributed by atoms with Gasteiger partial charge in [-0.3, -0.25) is 5.32 Å². The van der Waals surface area contributed by atoms with Crippen LogP contribution in [0.25, 0.3) is 11.4 Å². The number of hydrogen-bond donors (Lipinski definition) is 1. The summed E-state index contributed by atoms with van der Waals surface area (Å²) in [5.74, 6) is 3.58. The highest BCUT2D eigenvalue weighted by Gasteiger charge is 2.07. The van der Waals surface area contributed by atoms with E-state index < -0.39 is 0 Å². The third-order valence-corrected chi connectivity index (χ3v) is 2.60. The number of benzene rings is 1. The fraction of sp³-hybridized carbons (Fsp3) is 0.167. The van der Waals surface area contributed by atoms with Gasteiger partial charge in [-0.1, -0.05) is 27.0 Å². The van der Waals surface area contributed by atoms with Crippen molar-refractivity contribution in [3.05, 3.63) is 34.6 Å². The summed E-state index contributed by atoms with van der Waals surface area (Å²) in [6.45, 7) is 0.962. The van der Waals surface area contributed by atoms with Crippen molar-refractivity contribution >= 4 is 15.9 Å². The molecule has 0 saturated heterocycles. The van der Waals surface area contributed by atoms with Gasteiger partial charge in [0.15, 0.2) is 0 Å². The molecule has 1 heterocycles. The van der Waals surface area contributed by atoms with Gasteiger partial charge in [0.05, 0.1) is 13.1 Å². The smallest absolute Gasteiger partial charge is 0.240 e. The SMILES string of the molecule is C#CCNCc1nc(-c2ccc(Br)cc2)no1. The second kappa shape index (κ2) is 5.62. The molecule has 4 nitrogen and oxygen atoms in total. The Morgan fingerprint density at radius 2 is 2.12 bits per heavy atom. The zero-order valence-corrected chi connectivity index (χ0v) is 10.6. The van der Waals surface area contributed by atoms with Crippen LogP contribution in [0.5, 0.6) is 0 Å². The van der Waals surface area contributed by atoms with Crippen LogP contribution in [0.2, 0.25) is 0 Å². The van der Waals surface area contributed by atoms with E-state index in [2.05, 4.69) is 37.3 Å². The van der Waals surface area contributed by atoms with Crippen LogP contribution in [-0.4, -0.2) is 16.7 Å². The summed E-state index contributed by atoms with van der Waals surface area (Å²) in [5, 5.41) is 6.89. The first kappa shape index (κ1) is 11.8. The van der Waals surface area contributed by atoms with Crippen LogP contribution in [0.3, 0.4) is 0 Å². The maximum atomic E-state index is 5.12. The van der Waals surface area contributed by atoms with Crippen molar-refractivity contribution < 1.29 is 4.52 Å². The first-order valence-electron chi connectivity index (χ1n) is 5.02. The van der Waals surface area contributed by atoms with Gasteiger partial charge < -0.3 is 4.52 Å². The van der Waals surface area contributed by atoms with Crippen LogP contribution in [0.1, 0.15) is 5.89 Å². The topological polar surface area (TPSA) is 51.0 Å². The van der Waals surface area contributed by atoms with E-state index in [1.807, 2.05) is 24.3 Å². The molecule has 1 aromatic heterocycles. The highest BCUT2D eigenvalue weighted by atomic mass is 79.9. The van der Waals surface area contributed by atoms with Crippen LogP contribution in [0.15, 0.2) is 33.3 Å². The van der Waals surface area contributed by atoms with Gasteiger partial charge in [-0.15, -0.1) is 6.42 Å². The number of terminal acetylenes is 1. The second-order valence-corrected chi connectivity index (χ2v) is 4.24. The third-order valence-electron chi connectivity index (χ3n) is 2.07. The molecule has 0 amide bonds. The molecular formula is C12H10BrN3O. The fourth-order valence-electron chi connectivity index (χ4n) is 1.28. The summed E-state index contributed by atoms with van der Waals surface area (Å²) in [6, 6.07) is 7.71. The predicted octanol–water partition coefficient (Wildman–Crippen LogP) is 2.22. The fourth-order valence-corrected chi connectivity index (χ4v) is 1.55. The standard InChI is InChI=1S/C12H10BrN3O/c1-2-7-14-8-11-15-12(16-17-11)9-3-5-10(13)6-4-9/h1,3-6,14H,7-8H2. The van der Waals surface area contributed by atoms with E-state index in [1.165, 1.54) is 0 Å². The Morgan fingerprint density at radius 3 is 2.82 bits per heavy atom. The monoisotopic (exact) mass is 291 g/mol. The summed E-state index contributed by atoms with van der Waals surface area (Å²) in [7, 11) is 0. The Balaban J connectivity index is 2.08. The van der Waals surface area contributed by atoms with Gasteiger partial charge in [-0.2, -0.15) is 4.98 Å². The van der Waals surface area contributed by atoms with E-state index in [9.17, 15) is 0 Å². The average molecular weight is 292 g/mol. The minimum absolute atomic E-state index is 0.480. The van der Waals surface area contributed by atoms with Crippen molar-refractivity contribution in [2.24, 2.45) is 0 Å². The number of hydrogen-bond acceptors (Lipinski definition) is 4. The van der Waals surface area contributed by atoms with E-state index in [-0.39, 0.29) is 0 Å². The molecule has 1 aromatic carbocycles. The molecular weight excluding hydrogens is 282 g/mol. The van der Waals surface area contributed by atoms with E-state index in [0.717, 1.165) is 10.0 Å². The maximum absolute atomic E-state index is 5.12. The number of halogens is 1. The molecule has 0 fully saturated rings. The molecule has 0 unspecified atom stereocenters. The minimum Gasteiger partial charge on any atom is -0.338 e. The minimum atomic E-state index is 0.480. The lowest BCUT2D eigenvalue weighted by atomic mass is 10.2. The second-order valence-electron chi connectivity index (χ2n) is 3.33. The lowest BCUT2D eigenvalue weighted by Gasteiger charge is -1.94. The molecule has 2 rings (SSSR count). The molecule has 86 valence electrons. The Hall–Kier alpha value is -1.64. The van der Waals surface area contributed by atoms with Gasteiger partial charge in [-0.05, 0) is 24.3 Å². The Bertz CT molecular complexity index is 527. The lowest BCUT2D eigenvalue weighted by Crippen LogP contribution is -2.13. The van der Waals surface area contributed by atoms with Crippen molar-refractivity contribution in [1.29, 1.82) is 0 Å². The van der Waals surface area contributed by atoms with Crippen molar-refractivity contribution in [2.45, 2.75) is 6.54 Å². The van der Waals surface area contributed by atoms with E-state index in [1.54, 1.807) is 0 Å². The summed E-state index contributed by atoms with van der Waals surface area (Å²) in [4.78, 5) is 4.26. The lowest BCUT2D eigenvalue weighted by molar-refractivity contribution is 0.370. The largest absolute Gasteiger partial charge is 0.338 e. The molecule has 17 heavy (non-hydrogen) atoms. The van der Waals surface area contributed by atoms with Gasteiger partial charge in [0, 0.05) is 10.0 Å². The molecule has 0 aliphatic heterocycles. The predicted molar refractivity (Wildman–Crippen MR) is 68.0 cm³/mol. The van der Waals surface area contributed by atoms with Gasteiger partial charge in [0.2, 0.25) is 11.7 Å². The van der Waals surface area contributed by atoms with Gasteiger partial charge >= 0.3 is 0 Å². The number of rotatable bonds is 4. The van der Waals surface area contributed by atoms with Gasteiger partial charge in [0.1, 0.15) is 0 Å². The summed E-state index contributed by atoms with van der Waals surface area (Å²) in [6.07, 6.45) is 5.12. The molecule has 0 radical (unpaired) electrons.